The lowest BCUT2D eigenvalue weighted by Gasteiger charge is -2.23. The van der Waals surface area contributed by atoms with Gasteiger partial charge in [0.05, 0.1) is 12.5 Å². The molecule has 32 heavy (non-hydrogen) atoms. The number of thioether (sulfide) groups is 1. The van der Waals surface area contributed by atoms with Crippen molar-refractivity contribution in [1.29, 1.82) is 0 Å². The van der Waals surface area contributed by atoms with Gasteiger partial charge in [0.1, 0.15) is 18.6 Å². The van der Waals surface area contributed by atoms with Gasteiger partial charge in [0.25, 0.3) is 0 Å². The van der Waals surface area contributed by atoms with Crippen molar-refractivity contribution in [2.45, 2.75) is 43.8 Å². The van der Waals surface area contributed by atoms with E-state index in [9.17, 15) is 24.0 Å². The van der Waals surface area contributed by atoms with Gasteiger partial charge in [-0.25, -0.2) is 0 Å². The van der Waals surface area contributed by atoms with Crippen LogP contribution in [0.4, 0.5) is 0 Å². The lowest BCUT2D eigenvalue weighted by molar-refractivity contribution is -0.138. The molecule has 0 aliphatic carbocycles. The zero-order chi connectivity index (χ0) is 24.7. The number of carbonyl (C=O) groups excluding carboxylic acids is 4. The zero-order valence-corrected chi connectivity index (χ0v) is 18.7. The maximum Gasteiger partial charge on any atom is 0.322 e. The van der Waals surface area contributed by atoms with E-state index in [0.29, 0.717) is 18.7 Å². The highest BCUT2D eigenvalue weighted by atomic mass is 32.2. The molecule has 3 unspecified atom stereocenters. The van der Waals surface area contributed by atoms with Crippen molar-refractivity contribution in [2.75, 3.05) is 25.1 Å². The second-order valence-electron chi connectivity index (χ2n) is 6.74. The first-order chi connectivity index (χ1) is 15.0. The number of hydrogen-bond donors (Lipinski definition) is 8. The van der Waals surface area contributed by atoms with Crippen LogP contribution in [-0.2, 0) is 24.0 Å². The molecule has 15 heteroatoms. The Morgan fingerprint density at radius 3 is 2.12 bits per heavy atom. The first kappa shape index (κ1) is 28.9. The molecule has 12 N–H and O–H groups in total. The van der Waals surface area contributed by atoms with Crippen LogP contribution in [0.25, 0.3) is 0 Å². The molecule has 0 aromatic heterocycles. The number of nitrogens with one attached hydrogen (secondary N) is 3. The molecule has 0 aromatic rings. The average Bonchev–Trinajstić information content (AvgIpc) is 2.70. The van der Waals surface area contributed by atoms with E-state index in [2.05, 4.69) is 20.9 Å². The molecule has 182 valence electrons. The molecule has 3 atom stereocenters. The van der Waals surface area contributed by atoms with Gasteiger partial charge in [-0.2, -0.15) is 11.8 Å². The number of carboxylic acid groups (broad SMARTS) is 1. The van der Waals surface area contributed by atoms with E-state index >= 15 is 0 Å². The Labute approximate surface area is 189 Å². The Bertz CT molecular complexity index is 701. The van der Waals surface area contributed by atoms with E-state index in [1.807, 2.05) is 0 Å². The first-order valence-electron chi connectivity index (χ1n) is 9.66. The minimum atomic E-state index is -1.40. The summed E-state index contributed by atoms with van der Waals surface area (Å²) in [4.78, 5) is 62.9. The lowest BCUT2D eigenvalue weighted by Crippen LogP contribution is -2.56. The maximum atomic E-state index is 12.7. The molecular formula is C17H32N8O6S. The number of aliphatic imine (C=N–C) groups is 1. The highest BCUT2D eigenvalue weighted by molar-refractivity contribution is 7.98. The second kappa shape index (κ2) is 15.7. The molecule has 0 saturated heterocycles. The monoisotopic (exact) mass is 476 g/mol. The van der Waals surface area contributed by atoms with Crippen LogP contribution in [0.15, 0.2) is 4.99 Å². The molecule has 0 aromatic carbocycles. The van der Waals surface area contributed by atoms with Gasteiger partial charge in [-0.05, 0) is 31.3 Å². The van der Waals surface area contributed by atoms with E-state index < -0.39 is 60.7 Å². The molecule has 4 amide bonds. The van der Waals surface area contributed by atoms with Crippen molar-refractivity contribution in [3.05, 3.63) is 0 Å². The number of nitrogens with two attached hydrogens (primary N) is 4. The van der Waals surface area contributed by atoms with Gasteiger partial charge in [0.15, 0.2) is 5.96 Å². The van der Waals surface area contributed by atoms with E-state index in [0.717, 1.165) is 0 Å². The summed E-state index contributed by atoms with van der Waals surface area (Å²) in [5.41, 5.74) is 21.4. The van der Waals surface area contributed by atoms with Crippen molar-refractivity contribution in [1.82, 2.24) is 16.0 Å². The van der Waals surface area contributed by atoms with Crippen LogP contribution >= 0.6 is 11.8 Å². The quantitative estimate of drug-likeness (QED) is 0.0611. The number of hydrogen-bond acceptors (Lipinski definition) is 8. The number of rotatable bonds is 16. The molecular weight excluding hydrogens is 444 g/mol. The Hall–Kier alpha value is -3.07. The molecule has 0 heterocycles. The van der Waals surface area contributed by atoms with E-state index in [4.69, 9.17) is 28.0 Å². The number of nitrogens with zero attached hydrogens (tertiary/aromatic N) is 1. The third-order valence-electron chi connectivity index (χ3n) is 4.00. The van der Waals surface area contributed by atoms with Crippen LogP contribution in [0, 0.1) is 0 Å². The fourth-order valence-electron chi connectivity index (χ4n) is 2.40. The van der Waals surface area contributed by atoms with Gasteiger partial charge >= 0.3 is 5.97 Å². The summed E-state index contributed by atoms with van der Waals surface area (Å²) in [6.45, 7) is -0.411. The van der Waals surface area contributed by atoms with E-state index in [1.54, 1.807) is 6.26 Å². The number of aliphatic carboxylic acids is 1. The molecule has 0 saturated carbocycles. The molecule has 0 fully saturated rings. The van der Waals surface area contributed by atoms with Crippen molar-refractivity contribution in [2.24, 2.45) is 27.9 Å². The van der Waals surface area contributed by atoms with Crippen molar-refractivity contribution in [3.63, 3.8) is 0 Å². The van der Waals surface area contributed by atoms with Crippen molar-refractivity contribution in [3.8, 4) is 0 Å². The van der Waals surface area contributed by atoms with Crippen LogP contribution in [0.1, 0.15) is 25.7 Å². The van der Waals surface area contributed by atoms with Gasteiger partial charge in [-0.15, -0.1) is 0 Å². The Morgan fingerprint density at radius 2 is 1.59 bits per heavy atom. The topological polar surface area (TPSA) is 258 Å². The summed E-state index contributed by atoms with van der Waals surface area (Å²) in [7, 11) is 0. The normalized spacial score (nSPS) is 13.2. The van der Waals surface area contributed by atoms with E-state index in [-0.39, 0.29) is 18.8 Å². The summed E-state index contributed by atoms with van der Waals surface area (Å²) in [5.74, 6) is -3.98. The summed E-state index contributed by atoms with van der Waals surface area (Å²) >= 11 is 1.43. The molecule has 0 aliphatic heterocycles. The third kappa shape index (κ3) is 13.3. The number of primary amides is 1. The zero-order valence-electron chi connectivity index (χ0n) is 17.8. The minimum Gasteiger partial charge on any atom is -0.480 e. The molecule has 14 nitrogen and oxygen atoms in total. The highest BCUT2D eigenvalue weighted by Gasteiger charge is 2.29. The summed E-state index contributed by atoms with van der Waals surface area (Å²) in [6.07, 6.45) is 2.19. The molecule has 0 rings (SSSR count). The minimum absolute atomic E-state index is 0.0743. The molecule has 0 spiro atoms. The number of carbonyl (C=O) groups is 5. The predicted octanol–water partition coefficient (Wildman–Crippen LogP) is -3.83. The number of amides is 4. The van der Waals surface area contributed by atoms with Gasteiger partial charge < -0.3 is 44.0 Å². The van der Waals surface area contributed by atoms with Gasteiger partial charge in [0, 0.05) is 6.54 Å². The maximum absolute atomic E-state index is 12.7. The number of guanidine groups is 1. The van der Waals surface area contributed by atoms with Crippen LogP contribution in [-0.4, -0.2) is 83.9 Å². The van der Waals surface area contributed by atoms with Crippen LogP contribution in [0.5, 0.6) is 0 Å². The third-order valence-corrected chi connectivity index (χ3v) is 4.64. The Balaban J connectivity index is 5.11. The Morgan fingerprint density at radius 1 is 0.969 bits per heavy atom. The molecule has 0 aliphatic rings. The van der Waals surface area contributed by atoms with Crippen LogP contribution < -0.4 is 38.9 Å². The van der Waals surface area contributed by atoms with Crippen molar-refractivity contribution < 1.29 is 29.1 Å². The largest absolute Gasteiger partial charge is 0.480 e. The smallest absolute Gasteiger partial charge is 0.322 e. The molecule has 0 bridgehead atoms. The SMILES string of the molecule is CSCCC(NC(=O)C(N)CCCN=C(N)N)C(=O)NC(CC(N)=O)C(=O)NCC(=O)O. The highest BCUT2D eigenvalue weighted by Crippen LogP contribution is 2.04. The van der Waals surface area contributed by atoms with Crippen LogP contribution in [0.2, 0.25) is 0 Å². The summed E-state index contributed by atoms with van der Waals surface area (Å²) in [6, 6.07) is -3.36. The van der Waals surface area contributed by atoms with Gasteiger partial charge in [-0.3, -0.25) is 29.0 Å². The lowest BCUT2D eigenvalue weighted by atomic mass is 10.1. The predicted molar refractivity (Wildman–Crippen MR) is 119 cm³/mol. The van der Waals surface area contributed by atoms with Crippen LogP contribution in [0.3, 0.4) is 0 Å². The fraction of sp³-hybridized carbons (Fsp3) is 0.647. The summed E-state index contributed by atoms with van der Waals surface area (Å²) < 4.78 is 0. The van der Waals surface area contributed by atoms with Gasteiger partial charge in [-0.1, -0.05) is 0 Å². The molecule has 0 radical (unpaired) electrons. The van der Waals surface area contributed by atoms with Crippen molar-refractivity contribution >= 4 is 47.3 Å². The van der Waals surface area contributed by atoms with E-state index in [1.165, 1.54) is 11.8 Å². The fourth-order valence-corrected chi connectivity index (χ4v) is 2.87. The number of carboxylic acids is 1. The first-order valence-corrected chi connectivity index (χ1v) is 11.1. The van der Waals surface area contributed by atoms with Gasteiger partial charge in [0.2, 0.25) is 23.6 Å². The average molecular weight is 477 g/mol. The summed E-state index contributed by atoms with van der Waals surface area (Å²) in [5, 5.41) is 15.6. The Kier molecular flexibility index (Phi) is 14.2. The second-order valence-corrected chi connectivity index (χ2v) is 7.73. The standard InChI is InChI=1S/C17H32N8O6S/c1-32-6-4-10(24-14(29)9(18)3-2-5-22-17(20)21)16(31)25-11(7-12(19)26)15(30)23-8-13(27)28/h9-11H,2-8,18H2,1H3,(H2,19,26)(H,23,30)(H,24,29)(H,25,31)(H,27,28)(H4,20,21,22).